The summed E-state index contributed by atoms with van der Waals surface area (Å²) in [7, 11) is -4.11. The van der Waals surface area contributed by atoms with Crippen molar-refractivity contribution in [2.45, 2.75) is 4.90 Å². The maximum Gasteiger partial charge on any atom is 0.298 e. The summed E-state index contributed by atoms with van der Waals surface area (Å²) in [6, 6.07) is 4.43. The molecule has 11 heavy (non-hydrogen) atoms. The summed E-state index contributed by atoms with van der Waals surface area (Å²) in [6.45, 7) is 0. The molecule has 0 saturated carbocycles. The second kappa shape index (κ2) is 1.75. The second-order valence-electron chi connectivity index (χ2n) is 2.16. The lowest BCUT2D eigenvalue weighted by molar-refractivity contribution is 0.481. The van der Waals surface area contributed by atoms with Gasteiger partial charge in [-0.2, -0.15) is 8.42 Å². The number of benzene rings is 1. The molecule has 0 unspecified atom stereocenters. The molecule has 0 fully saturated rings. The van der Waals surface area contributed by atoms with Crippen LogP contribution < -0.4 is 4.74 Å². The first-order chi connectivity index (χ1) is 5.09. The number of rotatable bonds is 1. The van der Waals surface area contributed by atoms with E-state index in [0.29, 0.717) is 5.75 Å². The number of ether oxygens (including phenoxy) is 1. The van der Waals surface area contributed by atoms with Crippen LogP contribution in [0.1, 0.15) is 0 Å². The molecule has 0 bridgehead atoms. The molecule has 0 amide bonds. The van der Waals surface area contributed by atoms with Gasteiger partial charge in [0.15, 0.2) is 11.5 Å². The molecule has 5 heteroatoms. The van der Waals surface area contributed by atoms with Crippen LogP contribution in [-0.4, -0.2) is 13.0 Å². The van der Waals surface area contributed by atoms with E-state index in [9.17, 15) is 8.42 Å². The molecule has 4 nitrogen and oxygen atoms in total. The van der Waals surface area contributed by atoms with Crippen LogP contribution in [0.2, 0.25) is 0 Å². The maximum absolute atomic E-state index is 10.6. The van der Waals surface area contributed by atoms with Crippen molar-refractivity contribution >= 4 is 10.1 Å². The fourth-order valence-corrected chi connectivity index (χ4v) is 1.49. The molecule has 0 atom stereocenters. The van der Waals surface area contributed by atoms with E-state index in [2.05, 4.69) is 0 Å². The van der Waals surface area contributed by atoms with Crippen LogP contribution in [0.4, 0.5) is 0 Å². The Bertz CT molecular complexity index is 407. The average Bonchev–Trinajstić information content (AvgIpc) is 2.60. The number of hydrogen-bond donors (Lipinski definition) is 1. The molecule has 0 radical (unpaired) electrons. The predicted molar refractivity (Wildman–Crippen MR) is 36.3 cm³/mol. The highest BCUT2D eigenvalue weighted by Crippen LogP contribution is 2.49. The third-order valence-corrected chi connectivity index (χ3v) is 2.27. The van der Waals surface area contributed by atoms with E-state index >= 15 is 0 Å². The molecular weight excluding hydrogens is 168 g/mol. The van der Waals surface area contributed by atoms with Gasteiger partial charge in [0.25, 0.3) is 10.1 Å². The van der Waals surface area contributed by atoms with E-state index in [1.165, 1.54) is 12.1 Å². The van der Waals surface area contributed by atoms with Crippen molar-refractivity contribution in [3.63, 3.8) is 0 Å². The van der Waals surface area contributed by atoms with Crippen molar-refractivity contribution in [3.8, 4) is 11.5 Å². The molecule has 1 aliphatic heterocycles. The molecule has 0 saturated heterocycles. The molecular formula is C6H4O4S. The van der Waals surface area contributed by atoms with Crippen molar-refractivity contribution in [2.24, 2.45) is 0 Å². The van der Waals surface area contributed by atoms with E-state index in [1.807, 2.05) is 0 Å². The highest BCUT2D eigenvalue weighted by Gasteiger charge is 2.29. The summed E-state index contributed by atoms with van der Waals surface area (Å²) in [5.41, 5.74) is 0. The fraction of sp³-hybridized carbons (Fsp3) is 0. The Hall–Kier alpha value is -1.07. The lowest BCUT2D eigenvalue weighted by atomic mass is 10.4. The van der Waals surface area contributed by atoms with Crippen molar-refractivity contribution in [2.75, 3.05) is 0 Å². The summed E-state index contributed by atoms with van der Waals surface area (Å²) in [4.78, 5) is -0.157. The highest BCUT2D eigenvalue weighted by molar-refractivity contribution is 7.86. The normalized spacial score (nSPS) is 13.5. The Morgan fingerprint density at radius 3 is 2.64 bits per heavy atom. The van der Waals surface area contributed by atoms with Crippen LogP contribution in [0, 0.1) is 0 Å². The summed E-state index contributed by atoms with van der Waals surface area (Å²) < 4.78 is 34.5. The van der Waals surface area contributed by atoms with Crippen LogP contribution in [0.5, 0.6) is 11.5 Å². The molecule has 1 heterocycles. The standard InChI is InChI=1S/C6H4O4S/c7-11(8,9)5-3-1-2-4-6(5)10-4/h1-3H,(H,7,8,9). The Balaban J connectivity index is 2.68. The van der Waals surface area contributed by atoms with Crippen LogP contribution in [0.3, 0.4) is 0 Å². The highest BCUT2D eigenvalue weighted by atomic mass is 32.2. The van der Waals surface area contributed by atoms with Gasteiger partial charge in [-0.3, -0.25) is 4.55 Å². The first-order valence-corrected chi connectivity index (χ1v) is 4.31. The molecule has 0 aromatic heterocycles. The first-order valence-electron chi connectivity index (χ1n) is 2.87. The van der Waals surface area contributed by atoms with E-state index in [-0.39, 0.29) is 10.6 Å². The van der Waals surface area contributed by atoms with E-state index in [4.69, 9.17) is 9.29 Å². The minimum atomic E-state index is -4.11. The first kappa shape index (κ1) is 6.63. The predicted octanol–water partition coefficient (Wildman–Crippen LogP) is 1.04. The fourth-order valence-electron chi connectivity index (χ4n) is 0.868. The molecule has 0 spiro atoms. The molecule has 0 aliphatic carbocycles. The van der Waals surface area contributed by atoms with Gasteiger partial charge >= 0.3 is 0 Å². The molecule has 2 rings (SSSR count). The molecule has 1 N–H and O–H groups in total. The monoisotopic (exact) mass is 172 g/mol. The van der Waals surface area contributed by atoms with Gasteiger partial charge in [-0.05, 0) is 12.1 Å². The summed E-state index contributed by atoms with van der Waals surface area (Å²) >= 11 is 0. The van der Waals surface area contributed by atoms with E-state index in [0.717, 1.165) is 0 Å². The largest absolute Gasteiger partial charge is 0.448 e. The van der Waals surface area contributed by atoms with Gasteiger partial charge in [0.05, 0.1) is 0 Å². The second-order valence-corrected chi connectivity index (χ2v) is 3.55. The SMILES string of the molecule is O=S(=O)(O)c1cccc2c1O2. The Morgan fingerprint density at radius 2 is 2.09 bits per heavy atom. The van der Waals surface area contributed by atoms with Crippen molar-refractivity contribution in [1.29, 1.82) is 0 Å². The third kappa shape index (κ3) is 0.979. The lowest BCUT2D eigenvalue weighted by Gasteiger charge is -1.89. The molecule has 1 aromatic rings. The maximum atomic E-state index is 10.6. The minimum Gasteiger partial charge on any atom is -0.448 e. The van der Waals surface area contributed by atoms with Gasteiger partial charge < -0.3 is 4.74 Å². The lowest BCUT2D eigenvalue weighted by Crippen LogP contribution is -1.95. The quantitative estimate of drug-likeness (QED) is 0.515. The van der Waals surface area contributed by atoms with Gasteiger partial charge in [-0.1, -0.05) is 6.07 Å². The van der Waals surface area contributed by atoms with Gasteiger partial charge in [0.2, 0.25) is 0 Å². The summed E-state index contributed by atoms with van der Waals surface area (Å²) in [5, 5.41) is 0. The topological polar surface area (TPSA) is 66.9 Å². The van der Waals surface area contributed by atoms with Crippen molar-refractivity contribution in [3.05, 3.63) is 18.2 Å². The number of fused-ring (bicyclic) bond motifs is 1. The van der Waals surface area contributed by atoms with Crippen molar-refractivity contribution < 1.29 is 17.7 Å². The zero-order chi connectivity index (χ0) is 8.06. The van der Waals surface area contributed by atoms with Gasteiger partial charge in [-0.15, -0.1) is 0 Å². The smallest absolute Gasteiger partial charge is 0.298 e. The van der Waals surface area contributed by atoms with Gasteiger partial charge in [-0.25, -0.2) is 0 Å². The van der Waals surface area contributed by atoms with E-state index in [1.54, 1.807) is 6.07 Å². The summed E-state index contributed by atoms with van der Waals surface area (Å²) in [5.74, 6) is 0.773. The number of para-hydroxylation sites is 1. The summed E-state index contributed by atoms with van der Waals surface area (Å²) in [6.07, 6.45) is 0. The Labute approximate surface area is 63.2 Å². The number of hydrogen-bond acceptors (Lipinski definition) is 3. The molecule has 1 aromatic carbocycles. The third-order valence-electron chi connectivity index (χ3n) is 1.39. The van der Waals surface area contributed by atoms with Crippen LogP contribution in [0.25, 0.3) is 0 Å². The van der Waals surface area contributed by atoms with Gasteiger partial charge in [0.1, 0.15) is 4.90 Å². The molecule has 1 aliphatic rings. The Kier molecular flexibility index (Phi) is 1.05. The van der Waals surface area contributed by atoms with Crippen LogP contribution in [-0.2, 0) is 10.1 Å². The zero-order valence-corrected chi connectivity index (χ0v) is 6.13. The van der Waals surface area contributed by atoms with Crippen molar-refractivity contribution in [1.82, 2.24) is 0 Å². The van der Waals surface area contributed by atoms with Crippen LogP contribution in [0.15, 0.2) is 23.1 Å². The van der Waals surface area contributed by atoms with Gasteiger partial charge in [0, 0.05) is 0 Å². The minimum absolute atomic E-state index is 0.157. The Morgan fingerprint density at radius 1 is 1.36 bits per heavy atom. The molecule has 58 valence electrons. The zero-order valence-electron chi connectivity index (χ0n) is 5.31. The van der Waals surface area contributed by atoms with E-state index < -0.39 is 10.1 Å². The average molecular weight is 172 g/mol. The van der Waals surface area contributed by atoms with Crippen LogP contribution >= 0.6 is 0 Å².